The van der Waals surface area contributed by atoms with E-state index in [1.54, 1.807) is 6.33 Å². The van der Waals surface area contributed by atoms with Crippen molar-refractivity contribution in [2.75, 3.05) is 25.0 Å². The first kappa shape index (κ1) is 13.3. The zero-order valence-corrected chi connectivity index (χ0v) is 11.7. The third-order valence-electron chi connectivity index (χ3n) is 3.58. The first-order valence-corrected chi connectivity index (χ1v) is 7.00. The van der Waals surface area contributed by atoms with Gasteiger partial charge in [-0.25, -0.2) is 9.97 Å². The van der Waals surface area contributed by atoms with Gasteiger partial charge in [-0.1, -0.05) is 20.8 Å². The van der Waals surface area contributed by atoms with Gasteiger partial charge in [-0.3, -0.25) is 0 Å². The van der Waals surface area contributed by atoms with E-state index < -0.39 is 0 Å². The monoisotopic (exact) mass is 248 g/mol. The SMILES string of the molecule is CCN1CCCC(Nc2cc(C(C)C)ncn2)C1. The summed E-state index contributed by atoms with van der Waals surface area (Å²) < 4.78 is 0. The Kier molecular flexibility index (Phi) is 4.53. The molecule has 1 fully saturated rings. The molecule has 1 aromatic rings. The van der Waals surface area contributed by atoms with Crippen LogP contribution >= 0.6 is 0 Å². The average molecular weight is 248 g/mol. The van der Waals surface area contributed by atoms with Crippen molar-refractivity contribution in [2.45, 2.75) is 45.6 Å². The van der Waals surface area contributed by atoms with Gasteiger partial charge in [0.15, 0.2) is 0 Å². The van der Waals surface area contributed by atoms with Crippen LogP contribution < -0.4 is 5.32 Å². The molecule has 4 heteroatoms. The summed E-state index contributed by atoms with van der Waals surface area (Å²) in [7, 11) is 0. The van der Waals surface area contributed by atoms with E-state index in [1.165, 1.54) is 19.4 Å². The molecule has 100 valence electrons. The summed E-state index contributed by atoms with van der Waals surface area (Å²) in [4.78, 5) is 11.1. The second kappa shape index (κ2) is 6.14. The normalized spacial score (nSPS) is 21.2. The molecule has 2 heterocycles. The minimum atomic E-state index is 0.451. The van der Waals surface area contributed by atoms with Crippen LogP contribution in [0.4, 0.5) is 5.82 Å². The van der Waals surface area contributed by atoms with Crippen molar-refractivity contribution in [3.63, 3.8) is 0 Å². The van der Waals surface area contributed by atoms with Crippen LogP contribution in [0.25, 0.3) is 0 Å². The maximum Gasteiger partial charge on any atom is 0.129 e. The highest BCUT2D eigenvalue weighted by Gasteiger charge is 2.18. The Morgan fingerprint density at radius 2 is 2.28 bits per heavy atom. The standard InChI is InChI=1S/C14H24N4/c1-4-18-7-5-6-12(9-18)17-14-8-13(11(2)3)15-10-16-14/h8,10-12H,4-7,9H2,1-3H3,(H,15,16,17). The molecule has 1 atom stereocenters. The van der Waals surface area contributed by atoms with Crippen LogP contribution in [0.1, 0.15) is 45.2 Å². The van der Waals surface area contributed by atoms with E-state index in [9.17, 15) is 0 Å². The number of piperidine rings is 1. The van der Waals surface area contributed by atoms with Crippen molar-refractivity contribution in [3.05, 3.63) is 18.1 Å². The van der Waals surface area contributed by atoms with Gasteiger partial charge in [0.05, 0.1) is 0 Å². The second-order valence-electron chi connectivity index (χ2n) is 5.36. The van der Waals surface area contributed by atoms with Gasteiger partial charge in [0.1, 0.15) is 12.1 Å². The highest BCUT2D eigenvalue weighted by molar-refractivity contribution is 5.37. The molecule has 4 nitrogen and oxygen atoms in total. The van der Waals surface area contributed by atoms with E-state index in [2.05, 4.69) is 47.0 Å². The lowest BCUT2D eigenvalue weighted by Crippen LogP contribution is -2.42. The van der Waals surface area contributed by atoms with Crippen LogP contribution in [0.3, 0.4) is 0 Å². The van der Waals surface area contributed by atoms with Gasteiger partial charge >= 0.3 is 0 Å². The minimum absolute atomic E-state index is 0.451. The molecule has 1 saturated heterocycles. The summed E-state index contributed by atoms with van der Waals surface area (Å²) in [5.74, 6) is 1.42. The second-order valence-corrected chi connectivity index (χ2v) is 5.36. The maximum absolute atomic E-state index is 4.33. The van der Waals surface area contributed by atoms with Crippen LogP contribution in [0.15, 0.2) is 12.4 Å². The number of rotatable bonds is 4. The van der Waals surface area contributed by atoms with Crippen LogP contribution in [0.5, 0.6) is 0 Å². The van der Waals surface area contributed by atoms with Crippen molar-refractivity contribution < 1.29 is 0 Å². The fourth-order valence-corrected chi connectivity index (χ4v) is 2.44. The summed E-state index contributed by atoms with van der Waals surface area (Å²) in [5, 5.41) is 3.55. The summed E-state index contributed by atoms with van der Waals surface area (Å²) in [6.45, 7) is 10.0. The zero-order chi connectivity index (χ0) is 13.0. The van der Waals surface area contributed by atoms with E-state index in [1.807, 2.05) is 0 Å². The highest BCUT2D eigenvalue weighted by Crippen LogP contribution is 2.17. The molecule has 1 unspecified atom stereocenters. The summed E-state index contributed by atoms with van der Waals surface area (Å²) in [6, 6.07) is 2.60. The van der Waals surface area contributed by atoms with Crippen LogP contribution in [-0.2, 0) is 0 Å². The molecular weight excluding hydrogens is 224 g/mol. The molecule has 0 aromatic carbocycles. The first-order chi connectivity index (χ1) is 8.69. The van der Waals surface area contributed by atoms with Crippen molar-refractivity contribution in [2.24, 2.45) is 0 Å². The lowest BCUT2D eigenvalue weighted by molar-refractivity contribution is 0.226. The fraction of sp³-hybridized carbons (Fsp3) is 0.714. The topological polar surface area (TPSA) is 41.0 Å². The summed E-state index contributed by atoms with van der Waals surface area (Å²) in [6.07, 6.45) is 4.17. The number of aromatic nitrogens is 2. The number of hydrogen-bond acceptors (Lipinski definition) is 4. The predicted molar refractivity (Wildman–Crippen MR) is 74.9 cm³/mol. The Morgan fingerprint density at radius 3 is 3.00 bits per heavy atom. The van der Waals surface area contributed by atoms with Crippen molar-refractivity contribution in [1.82, 2.24) is 14.9 Å². The molecule has 1 aromatic heterocycles. The number of nitrogens with one attached hydrogen (secondary N) is 1. The number of likely N-dealkylation sites (N-methyl/N-ethyl adjacent to an activating group) is 1. The third-order valence-corrected chi connectivity index (χ3v) is 3.58. The Labute approximate surface area is 110 Å². The Hall–Kier alpha value is -1.16. The smallest absolute Gasteiger partial charge is 0.129 e. The van der Waals surface area contributed by atoms with Crippen LogP contribution in [0.2, 0.25) is 0 Å². The third kappa shape index (κ3) is 3.42. The van der Waals surface area contributed by atoms with Crippen LogP contribution in [0, 0.1) is 0 Å². The molecular formula is C14H24N4. The molecule has 1 aliphatic rings. The highest BCUT2D eigenvalue weighted by atomic mass is 15.2. The number of likely N-dealkylation sites (tertiary alicyclic amines) is 1. The Bertz CT molecular complexity index is 378. The summed E-state index contributed by atoms with van der Waals surface area (Å²) in [5.41, 5.74) is 1.11. The van der Waals surface area contributed by atoms with E-state index in [0.29, 0.717) is 12.0 Å². The van der Waals surface area contributed by atoms with Crippen molar-refractivity contribution in [1.29, 1.82) is 0 Å². The quantitative estimate of drug-likeness (QED) is 0.889. The van der Waals surface area contributed by atoms with Gasteiger partial charge in [-0.05, 0) is 31.8 Å². The van der Waals surface area contributed by atoms with Gasteiger partial charge in [-0.15, -0.1) is 0 Å². The predicted octanol–water partition coefficient (Wildman–Crippen LogP) is 2.50. The fourth-order valence-electron chi connectivity index (χ4n) is 2.44. The molecule has 2 rings (SSSR count). The van der Waals surface area contributed by atoms with Gasteiger partial charge < -0.3 is 10.2 Å². The summed E-state index contributed by atoms with van der Waals surface area (Å²) >= 11 is 0. The van der Waals surface area contributed by atoms with E-state index in [-0.39, 0.29) is 0 Å². The van der Waals surface area contributed by atoms with E-state index in [4.69, 9.17) is 0 Å². The van der Waals surface area contributed by atoms with Crippen molar-refractivity contribution in [3.8, 4) is 0 Å². The largest absolute Gasteiger partial charge is 0.366 e. The lowest BCUT2D eigenvalue weighted by Gasteiger charge is -2.32. The van der Waals surface area contributed by atoms with E-state index >= 15 is 0 Å². The van der Waals surface area contributed by atoms with Crippen LogP contribution in [-0.4, -0.2) is 40.5 Å². The molecule has 1 N–H and O–H groups in total. The number of hydrogen-bond donors (Lipinski definition) is 1. The molecule has 1 aliphatic heterocycles. The minimum Gasteiger partial charge on any atom is -0.366 e. The molecule has 18 heavy (non-hydrogen) atoms. The van der Waals surface area contributed by atoms with Crippen molar-refractivity contribution >= 4 is 5.82 Å². The van der Waals surface area contributed by atoms with Gasteiger partial charge in [0.2, 0.25) is 0 Å². The Balaban J connectivity index is 1.98. The zero-order valence-electron chi connectivity index (χ0n) is 11.7. The molecule has 0 saturated carbocycles. The molecule has 0 spiro atoms. The molecule has 0 bridgehead atoms. The van der Waals surface area contributed by atoms with Gasteiger partial charge in [0.25, 0.3) is 0 Å². The molecule has 0 radical (unpaired) electrons. The van der Waals surface area contributed by atoms with E-state index in [0.717, 1.165) is 24.6 Å². The lowest BCUT2D eigenvalue weighted by atomic mass is 10.1. The average Bonchev–Trinajstić information content (AvgIpc) is 2.39. The Morgan fingerprint density at radius 1 is 1.44 bits per heavy atom. The number of nitrogens with zero attached hydrogens (tertiary/aromatic N) is 3. The molecule has 0 amide bonds. The number of anilines is 1. The molecule has 0 aliphatic carbocycles. The maximum atomic E-state index is 4.33. The first-order valence-electron chi connectivity index (χ1n) is 7.00. The van der Waals surface area contributed by atoms with Gasteiger partial charge in [0, 0.05) is 24.3 Å². The van der Waals surface area contributed by atoms with Gasteiger partial charge in [-0.2, -0.15) is 0 Å².